The Labute approximate surface area is 181 Å². The predicted molar refractivity (Wildman–Crippen MR) is 120 cm³/mol. The molecule has 2 fully saturated rings. The van der Waals surface area contributed by atoms with E-state index in [2.05, 4.69) is 41.9 Å². The van der Waals surface area contributed by atoms with Gasteiger partial charge >= 0.3 is 0 Å². The summed E-state index contributed by atoms with van der Waals surface area (Å²) in [6.07, 6.45) is 6.64. The maximum Gasteiger partial charge on any atom is 0.146 e. The lowest BCUT2D eigenvalue weighted by Gasteiger charge is -2.34. The summed E-state index contributed by atoms with van der Waals surface area (Å²) in [5.41, 5.74) is 2.49. The quantitative estimate of drug-likeness (QED) is 0.624. The summed E-state index contributed by atoms with van der Waals surface area (Å²) < 4.78 is 8.06. The second kappa shape index (κ2) is 8.24. The maximum atomic E-state index is 6.08. The molecule has 1 atom stereocenters. The molecule has 2 aliphatic rings. The first-order valence-corrected chi connectivity index (χ1v) is 11.7. The minimum absolute atomic E-state index is 0.102. The van der Waals surface area contributed by atoms with Gasteiger partial charge in [0.1, 0.15) is 16.5 Å². The normalized spacial score (nSPS) is 20.5. The highest BCUT2D eigenvalue weighted by Crippen LogP contribution is 2.36. The van der Waals surface area contributed by atoms with E-state index >= 15 is 0 Å². The van der Waals surface area contributed by atoms with Crippen LogP contribution in [0.25, 0.3) is 10.2 Å². The van der Waals surface area contributed by atoms with Crippen molar-refractivity contribution in [1.82, 2.24) is 24.6 Å². The van der Waals surface area contributed by atoms with Crippen molar-refractivity contribution in [2.45, 2.75) is 52.8 Å². The summed E-state index contributed by atoms with van der Waals surface area (Å²) in [5, 5.41) is 5.66. The molecule has 0 aliphatic carbocycles. The minimum atomic E-state index is 0.102. The zero-order valence-electron chi connectivity index (χ0n) is 18.1. The third-order valence-electron chi connectivity index (χ3n) is 6.21. The van der Waals surface area contributed by atoms with Crippen molar-refractivity contribution in [3.05, 3.63) is 34.2 Å². The summed E-state index contributed by atoms with van der Waals surface area (Å²) in [6, 6.07) is 0. The summed E-state index contributed by atoms with van der Waals surface area (Å²) >= 11 is 1.79. The van der Waals surface area contributed by atoms with Crippen LogP contribution in [0.4, 0.5) is 5.82 Å². The molecule has 0 radical (unpaired) electrons. The fourth-order valence-corrected chi connectivity index (χ4v) is 5.55. The van der Waals surface area contributed by atoms with Crippen LogP contribution in [-0.4, -0.2) is 63.5 Å². The Bertz CT molecular complexity index is 1040. The zero-order valence-corrected chi connectivity index (χ0v) is 18.9. The molecule has 3 aromatic heterocycles. The second-order valence-corrected chi connectivity index (χ2v) is 9.79. The summed E-state index contributed by atoms with van der Waals surface area (Å²) in [7, 11) is 0. The van der Waals surface area contributed by atoms with Crippen LogP contribution in [0.3, 0.4) is 0 Å². The number of likely N-dealkylation sites (tertiary alicyclic amines) is 1. The monoisotopic (exact) mass is 426 g/mol. The number of nitrogens with zero attached hydrogens (tertiary/aromatic N) is 6. The van der Waals surface area contributed by atoms with E-state index in [1.165, 1.54) is 34.2 Å². The number of fused-ring (bicyclic) bond motifs is 1. The van der Waals surface area contributed by atoms with E-state index in [1.54, 1.807) is 11.3 Å². The van der Waals surface area contributed by atoms with Crippen molar-refractivity contribution >= 4 is 27.4 Å². The number of hydrogen-bond acceptors (Lipinski definition) is 7. The molecule has 0 spiro atoms. The Balaban J connectivity index is 1.45. The van der Waals surface area contributed by atoms with Gasteiger partial charge in [-0.25, -0.2) is 9.97 Å². The van der Waals surface area contributed by atoms with Crippen molar-refractivity contribution in [1.29, 1.82) is 0 Å². The van der Waals surface area contributed by atoms with E-state index in [1.807, 2.05) is 10.9 Å². The van der Waals surface area contributed by atoms with Crippen LogP contribution in [0.2, 0.25) is 0 Å². The molecule has 0 N–H and O–H groups in total. The van der Waals surface area contributed by atoms with Crippen LogP contribution in [0.1, 0.15) is 34.7 Å². The SMILES string of the molecule is Cc1cnn(CC2CN(c3nc(CN4CCCC4)nc4sc(C)c(C)c34)CCO2)c1. The number of rotatable bonds is 5. The molecular weight excluding hydrogens is 396 g/mol. The minimum Gasteiger partial charge on any atom is -0.373 e. The Hall–Kier alpha value is -2.03. The molecule has 160 valence electrons. The fraction of sp³-hybridized carbons (Fsp3) is 0.591. The topological polar surface area (TPSA) is 59.3 Å². The number of anilines is 1. The lowest BCUT2D eigenvalue weighted by molar-refractivity contribution is 0.0272. The second-order valence-electron chi connectivity index (χ2n) is 8.59. The molecule has 1 unspecified atom stereocenters. The van der Waals surface area contributed by atoms with Gasteiger partial charge in [0.15, 0.2) is 0 Å². The van der Waals surface area contributed by atoms with Gasteiger partial charge in [0, 0.05) is 24.2 Å². The molecular formula is C22H30N6OS. The van der Waals surface area contributed by atoms with E-state index in [-0.39, 0.29) is 6.10 Å². The van der Waals surface area contributed by atoms with E-state index in [0.29, 0.717) is 6.61 Å². The molecule has 0 bridgehead atoms. The summed E-state index contributed by atoms with van der Waals surface area (Å²) in [6.45, 7) is 12.8. The van der Waals surface area contributed by atoms with Crippen LogP contribution in [0.15, 0.2) is 12.4 Å². The highest BCUT2D eigenvalue weighted by atomic mass is 32.1. The van der Waals surface area contributed by atoms with Gasteiger partial charge < -0.3 is 9.64 Å². The third-order valence-corrected chi connectivity index (χ3v) is 7.31. The van der Waals surface area contributed by atoms with Gasteiger partial charge in [0.2, 0.25) is 0 Å². The number of morpholine rings is 1. The Morgan fingerprint density at radius 3 is 2.73 bits per heavy atom. The lowest BCUT2D eigenvalue weighted by atomic mass is 10.2. The molecule has 0 saturated carbocycles. The van der Waals surface area contributed by atoms with Gasteiger partial charge in [-0.3, -0.25) is 9.58 Å². The lowest BCUT2D eigenvalue weighted by Crippen LogP contribution is -2.45. The number of aromatic nitrogens is 4. The standard InChI is InChI=1S/C22H30N6OS/c1-15-10-23-28(11-15)13-18-12-27(8-9-29-18)21-20-16(2)17(3)30-22(20)25-19(24-21)14-26-6-4-5-7-26/h10-11,18H,4-9,12-14H2,1-3H3. The van der Waals surface area contributed by atoms with E-state index < -0.39 is 0 Å². The molecule has 2 saturated heterocycles. The molecule has 8 heteroatoms. The molecule has 5 rings (SSSR count). The van der Waals surface area contributed by atoms with Crippen molar-refractivity contribution in [2.75, 3.05) is 37.7 Å². The first-order valence-electron chi connectivity index (χ1n) is 10.9. The van der Waals surface area contributed by atoms with Crippen molar-refractivity contribution in [2.24, 2.45) is 0 Å². The van der Waals surface area contributed by atoms with E-state index in [9.17, 15) is 0 Å². The van der Waals surface area contributed by atoms with Crippen molar-refractivity contribution in [3.63, 3.8) is 0 Å². The summed E-state index contributed by atoms with van der Waals surface area (Å²) in [4.78, 5) is 17.4. The predicted octanol–water partition coefficient (Wildman–Crippen LogP) is 3.31. The van der Waals surface area contributed by atoms with Crippen LogP contribution in [0.5, 0.6) is 0 Å². The van der Waals surface area contributed by atoms with Gasteiger partial charge in [-0.1, -0.05) is 0 Å². The smallest absolute Gasteiger partial charge is 0.146 e. The zero-order chi connectivity index (χ0) is 20.7. The largest absolute Gasteiger partial charge is 0.373 e. The van der Waals surface area contributed by atoms with Gasteiger partial charge in [-0.05, 0) is 57.8 Å². The average molecular weight is 427 g/mol. The number of ether oxygens (including phenoxy) is 1. The first-order chi connectivity index (χ1) is 14.6. The van der Waals surface area contributed by atoms with E-state index in [0.717, 1.165) is 55.7 Å². The molecule has 30 heavy (non-hydrogen) atoms. The molecule has 2 aliphatic heterocycles. The van der Waals surface area contributed by atoms with Gasteiger partial charge in [-0.15, -0.1) is 11.3 Å². The van der Waals surface area contributed by atoms with Crippen LogP contribution in [0, 0.1) is 20.8 Å². The van der Waals surface area contributed by atoms with Crippen molar-refractivity contribution in [3.8, 4) is 0 Å². The number of aryl methyl sites for hydroxylation is 3. The van der Waals surface area contributed by atoms with E-state index in [4.69, 9.17) is 14.7 Å². The molecule has 7 nitrogen and oxygen atoms in total. The van der Waals surface area contributed by atoms with Crippen LogP contribution >= 0.6 is 11.3 Å². The molecule has 3 aromatic rings. The molecule has 0 aromatic carbocycles. The van der Waals surface area contributed by atoms with Crippen LogP contribution in [-0.2, 0) is 17.8 Å². The number of hydrogen-bond donors (Lipinski definition) is 0. The fourth-order valence-electron chi connectivity index (χ4n) is 4.51. The van der Waals surface area contributed by atoms with Gasteiger partial charge in [0.05, 0.1) is 37.4 Å². The number of thiophene rings is 1. The maximum absolute atomic E-state index is 6.08. The van der Waals surface area contributed by atoms with Gasteiger partial charge in [0.25, 0.3) is 0 Å². The van der Waals surface area contributed by atoms with Gasteiger partial charge in [-0.2, -0.15) is 5.10 Å². The highest BCUT2D eigenvalue weighted by molar-refractivity contribution is 7.18. The molecule has 5 heterocycles. The Kier molecular flexibility index (Phi) is 5.47. The average Bonchev–Trinajstić information content (AvgIpc) is 3.44. The van der Waals surface area contributed by atoms with Crippen molar-refractivity contribution < 1.29 is 4.74 Å². The summed E-state index contributed by atoms with van der Waals surface area (Å²) in [5.74, 6) is 2.03. The Morgan fingerprint density at radius 2 is 1.97 bits per heavy atom. The Morgan fingerprint density at radius 1 is 1.13 bits per heavy atom. The highest BCUT2D eigenvalue weighted by Gasteiger charge is 2.26. The van der Waals surface area contributed by atoms with Crippen LogP contribution < -0.4 is 4.90 Å². The first kappa shape index (κ1) is 19.9. The third kappa shape index (κ3) is 3.96. The molecule has 0 amide bonds.